The second-order valence-electron chi connectivity index (χ2n) is 8.18. The smallest absolute Gasteiger partial charge is 0.272 e. The van der Waals surface area contributed by atoms with Crippen molar-refractivity contribution < 1.29 is 4.79 Å². The van der Waals surface area contributed by atoms with Gasteiger partial charge in [-0.25, -0.2) is 0 Å². The molecule has 0 atom stereocenters. The number of anilines is 1. The number of nitrogens with zero attached hydrogens (tertiary/aromatic N) is 4. The van der Waals surface area contributed by atoms with Gasteiger partial charge in [0, 0.05) is 12.2 Å². The van der Waals surface area contributed by atoms with Gasteiger partial charge in [-0.15, -0.1) is 21.5 Å². The summed E-state index contributed by atoms with van der Waals surface area (Å²) in [7, 11) is 0. The number of aromatic nitrogens is 4. The molecule has 0 bridgehead atoms. The standard InChI is InChI=1S/C22H25N5O2S2/c1-13(2)11-26-20(29)19-17(9-10-30-19)27-21(26)24-25-22(27)31-12-18(28)23-16-7-5-15(6-8-16)14(3)4/h5-10,13-14H,11-12H2,1-4H3,(H,23,28). The highest BCUT2D eigenvalue weighted by Crippen LogP contribution is 2.25. The Bertz CT molecular complexity index is 1290. The van der Waals surface area contributed by atoms with Crippen LogP contribution in [0.5, 0.6) is 0 Å². The topological polar surface area (TPSA) is 81.3 Å². The molecule has 31 heavy (non-hydrogen) atoms. The van der Waals surface area contributed by atoms with Crippen LogP contribution in [0, 0.1) is 5.92 Å². The first-order valence-corrected chi connectivity index (χ1v) is 12.1. The predicted octanol–water partition coefficient (Wildman–Crippen LogP) is 4.62. The van der Waals surface area contributed by atoms with Gasteiger partial charge in [0.15, 0.2) is 5.16 Å². The van der Waals surface area contributed by atoms with Crippen molar-refractivity contribution in [1.29, 1.82) is 0 Å². The van der Waals surface area contributed by atoms with Crippen LogP contribution in [0.3, 0.4) is 0 Å². The molecule has 0 spiro atoms. The molecule has 0 fully saturated rings. The lowest BCUT2D eigenvalue weighted by Gasteiger charge is -2.11. The van der Waals surface area contributed by atoms with Gasteiger partial charge in [0.2, 0.25) is 11.7 Å². The number of carbonyl (C=O) groups excluding carboxylic acids is 1. The summed E-state index contributed by atoms with van der Waals surface area (Å²) < 4.78 is 4.23. The summed E-state index contributed by atoms with van der Waals surface area (Å²) in [5.41, 5.74) is 2.74. The third-order valence-corrected chi connectivity index (χ3v) is 6.74. The van der Waals surface area contributed by atoms with E-state index in [0.29, 0.717) is 34.0 Å². The van der Waals surface area contributed by atoms with Crippen LogP contribution in [0.4, 0.5) is 5.69 Å². The van der Waals surface area contributed by atoms with Gasteiger partial charge in [-0.05, 0) is 41.0 Å². The van der Waals surface area contributed by atoms with Crippen molar-refractivity contribution in [1.82, 2.24) is 19.2 Å². The van der Waals surface area contributed by atoms with Crippen LogP contribution in [-0.4, -0.2) is 30.8 Å². The zero-order valence-corrected chi connectivity index (χ0v) is 19.6. The minimum absolute atomic E-state index is 0.0438. The molecule has 162 valence electrons. The van der Waals surface area contributed by atoms with Gasteiger partial charge in [-0.3, -0.25) is 18.6 Å². The molecule has 1 aromatic carbocycles. The summed E-state index contributed by atoms with van der Waals surface area (Å²) in [5, 5.41) is 14.0. The lowest BCUT2D eigenvalue weighted by atomic mass is 10.0. The number of rotatable bonds is 7. The van der Waals surface area contributed by atoms with Gasteiger partial charge < -0.3 is 5.32 Å². The lowest BCUT2D eigenvalue weighted by Crippen LogP contribution is -2.24. The highest BCUT2D eigenvalue weighted by atomic mass is 32.2. The minimum Gasteiger partial charge on any atom is -0.325 e. The Morgan fingerprint density at radius 2 is 1.87 bits per heavy atom. The molecule has 0 aliphatic rings. The molecule has 0 unspecified atom stereocenters. The van der Waals surface area contributed by atoms with Crippen molar-refractivity contribution in [3.8, 4) is 0 Å². The van der Waals surface area contributed by atoms with E-state index in [0.717, 1.165) is 11.2 Å². The summed E-state index contributed by atoms with van der Waals surface area (Å²) >= 11 is 2.72. The molecule has 3 aromatic heterocycles. The van der Waals surface area contributed by atoms with E-state index >= 15 is 0 Å². The van der Waals surface area contributed by atoms with Crippen LogP contribution in [0.1, 0.15) is 39.2 Å². The normalized spacial score (nSPS) is 11.8. The summed E-state index contributed by atoms with van der Waals surface area (Å²) in [5.74, 6) is 1.33. The third kappa shape index (κ3) is 4.38. The maximum absolute atomic E-state index is 12.9. The van der Waals surface area contributed by atoms with Crippen molar-refractivity contribution in [2.75, 3.05) is 11.1 Å². The third-order valence-electron chi connectivity index (χ3n) is 4.92. The van der Waals surface area contributed by atoms with Crippen molar-refractivity contribution in [2.24, 2.45) is 5.92 Å². The van der Waals surface area contributed by atoms with Gasteiger partial charge in [-0.2, -0.15) is 0 Å². The fourth-order valence-corrected chi connectivity index (χ4v) is 4.97. The van der Waals surface area contributed by atoms with E-state index in [4.69, 9.17) is 0 Å². The molecule has 0 saturated heterocycles. The summed E-state index contributed by atoms with van der Waals surface area (Å²) in [4.78, 5) is 25.4. The van der Waals surface area contributed by atoms with Crippen LogP contribution in [0.15, 0.2) is 45.7 Å². The van der Waals surface area contributed by atoms with Crippen molar-refractivity contribution >= 4 is 50.7 Å². The molecule has 0 aliphatic carbocycles. The van der Waals surface area contributed by atoms with Crippen LogP contribution in [0.2, 0.25) is 0 Å². The molecule has 0 radical (unpaired) electrons. The van der Waals surface area contributed by atoms with Crippen LogP contribution in [-0.2, 0) is 11.3 Å². The molecule has 7 nitrogen and oxygen atoms in total. The van der Waals surface area contributed by atoms with Crippen LogP contribution < -0.4 is 10.9 Å². The maximum atomic E-state index is 12.9. The molecular weight excluding hydrogens is 430 g/mol. The number of benzene rings is 1. The molecule has 1 amide bonds. The minimum atomic E-state index is -0.115. The van der Waals surface area contributed by atoms with E-state index in [1.807, 2.05) is 40.1 Å². The van der Waals surface area contributed by atoms with Gasteiger partial charge in [-0.1, -0.05) is 51.6 Å². The Hall–Kier alpha value is -2.65. The Balaban J connectivity index is 1.57. The number of fused-ring (bicyclic) bond motifs is 3. The van der Waals surface area contributed by atoms with E-state index in [9.17, 15) is 9.59 Å². The maximum Gasteiger partial charge on any atom is 0.272 e. The second kappa shape index (κ2) is 8.84. The van der Waals surface area contributed by atoms with E-state index in [-0.39, 0.29) is 17.2 Å². The molecule has 4 aromatic rings. The van der Waals surface area contributed by atoms with Crippen LogP contribution in [0.25, 0.3) is 16.0 Å². The van der Waals surface area contributed by atoms with Gasteiger partial charge in [0.05, 0.1) is 11.3 Å². The molecule has 0 saturated carbocycles. The number of thioether (sulfide) groups is 1. The average Bonchev–Trinajstić information content (AvgIpc) is 3.36. The number of hydrogen-bond donors (Lipinski definition) is 1. The molecule has 9 heteroatoms. The van der Waals surface area contributed by atoms with E-state index in [1.165, 1.54) is 28.7 Å². The Morgan fingerprint density at radius 1 is 1.13 bits per heavy atom. The van der Waals surface area contributed by atoms with E-state index in [2.05, 4.69) is 43.2 Å². The zero-order valence-electron chi connectivity index (χ0n) is 18.0. The van der Waals surface area contributed by atoms with Crippen molar-refractivity contribution in [2.45, 2.75) is 45.3 Å². The van der Waals surface area contributed by atoms with Crippen molar-refractivity contribution in [3.63, 3.8) is 0 Å². The first-order valence-electron chi connectivity index (χ1n) is 10.2. The second-order valence-corrected chi connectivity index (χ2v) is 10.0. The average molecular weight is 456 g/mol. The quantitative estimate of drug-likeness (QED) is 0.411. The van der Waals surface area contributed by atoms with Gasteiger partial charge in [0.1, 0.15) is 4.70 Å². The number of nitrogens with one attached hydrogen (secondary N) is 1. The Labute approximate surface area is 188 Å². The van der Waals surface area contributed by atoms with E-state index in [1.54, 1.807) is 4.57 Å². The number of hydrogen-bond acceptors (Lipinski definition) is 6. The highest BCUT2D eigenvalue weighted by molar-refractivity contribution is 7.99. The molecular formula is C22H25N5O2S2. The fraction of sp³-hybridized carbons (Fsp3) is 0.364. The molecule has 0 aliphatic heterocycles. The number of thiophene rings is 1. The molecule has 4 rings (SSSR count). The summed E-state index contributed by atoms with van der Waals surface area (Å²) in [6.45, 7) is 8.96. The first kappa shape index (κ1) is 21.6. The largest absolute Gasteiger partial charge is 0.325 e. The van der Waals surface area contributed by atoms with Gasteiger partial charge in [0.25, 0.3) is 5.56 Å². The predicted molar refractivity (Wildman–Crippen MR) is 127 cm³/mol. The van der Waals surface area contributed by atoms with Gasteiger partial charge >= 0.3 is 0 Å². The van der Waals surface area contributed by atoms with E-state index < -0.39 is 0 Å². The fourth-order valence-electron chi connectivity index (χ4n) is 3.40. The first-order chi connectivity index (χ1) is 14.8. The van der Waals surface area contributed by atoms with Crippen molar-refractivity contribution in [3.05, 3.63) is 51.6 Å². The number of amides is 1. The van der Waals surface area contributed by atoms with Crippen LogP contribution >= 0.6 is 23.1 Å². The Morgan fingerprint density at radius 3 is 2.55 bits per heavy atom. The SMILES string of the molecule is CC(C)Cn1c(=O)c2sccc2n2c(SCC(=O)Nc3ccc(C(C)C)cc3)nnc12. The highest BCUT2D eigenvalue weighted by Gasteiger charge is 2.19. The summed E-state index contributed by atoms with van der Waals surface area (Å²) in [6.07, 6.45) is 0. The Kier molecular flexibility index (Phi) is 6.15. The molecule has 1 N–H and O–H groups in total. The lowest BCUT2D eigenvalue weighted by molar-refractivity contribution is -0.113. The zero-order chi connectivity index (χ0) is 22.1. The molecule has 3 heterocycles. The monoisotopic (exact) mass is 455 g/mol. The summed E-state index contributed by atoms with van der Waals surface area (Å²) in [6, 6.07) is 9.80. The number of carbonyl (C=O) groups is 1.